The van der Waals surface area contributed by atoms with Crippen LogP contribution in [-0.4, -0.2) is 17.8 Å². The molecule has 1 heterocycles. The Hall–Kier alpha value is -3.46. The van der Waals surface area contributed by atoms with Gasteiger partial charge in [-0.3, -0.25) is 4.79 Å². The van der Waals surface area contributed by atoms with Crippen molar-refractivity contribution >= 4 is 52.1 Å². The van der Waals surface area contributed by atoms with E-state index in [0.29, 0.717) is 23.6 Å². The van der Waals surface area contributed by atoms with Gasteiger partial charge in [-0.05, 0) is 76.7 Å². The predicted molar refractivity (Wildman–Crippen MR) is 131 cm³/mol. The number of ether oxygens (including phenoxy) is 2. The number of carbonyl (C=O) groups is 2. The Bertz CT molecular complexity index is 1230. The molecule has 7 heteroatoms. The lowest BCUT2D eigenvalue weighted by Crippen LogP contribution is -2.07. The van der Waals surface area contributed by atoms with Crippen molar-refractivity contribution in [1.82, 2.24) is 0 Å². The molecule has 0 saturated heterocycles. The second-order valence-corrected chi connectivity index (χ2v) is 8.21. The Morgan fingerprint density at radius 1 is 1.09 bits per heavy atom. The first-order valence-corrected chi connectivity index (χ1v) is 10.9. The van der Waals surface area contributed by atoms with Gasteiger partial charge in [-0.1, -0.05) is 30.3 Å². The normalized spacial score (nSPS) is 14.1. The van der Waals surface area contributed by atoms with Crippen molar-refractivity contribution in [2.45, 2.75) is 13.5 Å². The van der Waals surface area contributed by atoms with Crippen molar-refractivity contribution in [3.63, 3.8) is 0 Å². The van der Waals surface area contributed by atoms with Crippen LogP contribution in [0.5, 0.6) is 5.75 Å². The summed E-state index contributed by atoms with van der Waals surface area (Å²) in [6.45, 7) is 1.90. The van der Waals surface area contributed by atoms with Crippen LogP contribution in [0, 0.1) is 3.57 Å². The first kappa shape index (κ1) is 21.8. The van der Waals surface area contributed by atoms with Crippen LogP contribution in [0.4, 0.5) is 5.69 Å². The predicted octanol–water partition coefficient (Wildman–Crippen LogP) is 5.17. The first-order chi connectivity index (χ1) is 15.5. The van der Waals surface area contributed by atoms with E-state index in [-0.39, 0.29) is 17.5 Å². The van der Waals surface area contributed by atoms with Crippen LogP contribution in [0.3, 0.4) is 0 Å². The minimum absolute atomic E-state index is 0.155. The summed E-state index contributed by atoms with van der Waals surface area (Å²) in [6, 6.07) is 22.4. The molecule has 0 aromatic heterocycles. The highest BCUT2D eigenvalue weighted by molar-refractivity contribution is 14.1. The van der Waals surface area contributed by atoms with Gasteiger partial charge in [-0.2, -0.15) is 0 Å². The fourth-order valence-electron chi connectivity index (χ4n) is 3.06. The summed E-state index contributed by atoms with van der Waals surface area (Å²) in [5.74, 6) is 0.248. The van der Waals surface area contributed by atoms with Crippen molar-refractivity contribution in [2.24, 2.45) is 4.99 Å². The second kappa shape index (κ2) is 9.78. The van der Waals surface area contributed by atoms with E-state index in [1.54, 1.807) is 30.3 Å². The summed E-state index contributed by atoms with van der Waals surface area (Å²) < 4.78 is 12.4. The third-order valence-electron chi connectivity index (χ3n) is 4.59. The molecule has 32 heavy (non-hydrogen) atoms. The largest absolute Gasteiger partial charge is 0.489 e. The smallest absolute Gasteiger partial charge is 0.363 e. The monoisotopic (exact) mass is 538 g/mol. The molecule has 1 N–H and O–H groups in total. The number of nitrogens with zero attached hydrogens (tertiary/aromatic N) is 1. The Kier molecular flexibility index (Phi) is 6.65. The van der Waals surface area contributed by atoms with Gasteiger partial charge in [-0.25, -0.2) is 9.79 Å². The lowest BCUT2D eigenvalue weighted by Gasteiger charge is -2.08. The molecule has 0 spiro atoms. The Labute approximate surface area is 199 Å². The fraction of sp³-hybridized carbons (Fsp3) is 0.0800. The summed E-state index contributed by atoms with van der Waals surface area (Å²) in [6.07, 6.45) is 1.67. The fourth-order valence-corrected chi connectivity index (χ4v) is 3.60. The van der Waals surface area contributed by atoms with E-state index in [4.69, 9.17) is 9.47 Å². The molecule has 0 aliphatic carbocycles. The molecule has 0 bridgehead atoms. The van der Waals surface area contributed by atoms with Gasteiger partial charge in [0.05, 0.1) is 0 Å². The van der Waals surface area contributed by atoms with Gasteiger partial charge < -0.3 is 14.8 Å². The number of nitrogens with one attached hydrogen (secondary N) is 1. The van der Waals surface area contributed by atoms with E-state index >= 15 is 0 Å². The zero-order valence-corrected chi connectivity index (χ0v) is 19.3. The number of rotatable bonds is 6. The zero-order chi connectivity index (χ0) is 22.5. The van der Waals surface area contributed by atoms with Crippen LogP contribution in [0.1, 0.15) is 23.6 Å². The number of carbonyl (C=O) groups excluding carboxylic acids is 2. The quantitative estimate of drug-likeness (QED) is 0.267. The number of hydrogen-bond acceptors (Lipinski definition) is 5. The topological polar surface area (TPSA) is 77.0 Å². The Balaban J connectivity index is 1.49. The molecule has 1 aliphatic heterocycles. The molecule has 0 fully saturated rings. The highest BCUT2D eigenvalue weighted by atomic mass is 127. The van der Waals surface area contributed by atoms with Crippen LogP contribution in [0.2, 0.25) is 0 Å². The van der Waals surface area contributed by atoms with E-state index < -0.39 is 5.97 Å². The third-order valence-corrected chi connectivity index (χ3v) is 5.64. The molecule has 6 nitrogen and oxygen atoms in total. The molecule has 1 aliphatic rings. The van der Waals surface area contributed by atoms with E-state index in [1.165, 1.54) is 6.92 Å². The number of halogens is 1. The van der Waals surface area contributed by atoms with Gasteiger partial charge in [0.1, 0.15) is 12.4 Å². The number of hydrogen-bond donors (Lipinski definition) is 1. The van der Waals surface area contributed by atoms with Crippen molar-refractivity contribution in [2.75, 3.05) is 5.32 Å². The standard InChI is InChI=1S/C25H19IN2O4/c1-16(29)27-20-11-9-18(10-12-20)24-28-23(25(30)32-24)14-17-5-4-7-21(13-17)31-15-19-6-2-3-8-22(19)26/h2-14H,15H2,1H3,(H,27,29)/b23-14-. The third kappa shape index (κ3) is 5.42. The highest BCUT2D eigenvalue weighted by Gasteiger charge is 2.24. The molecule has 1 amide bonds. The maximum absolute atomic E-state index is 12.3. The van der Waals surface area contributed by atoms with Crippen LogP contribution < -0.4 is 10.1 Å². The molecular formula is C25H19IN2O4. The molecule has 160 valence electrons. The van der Waals surface area contributed by atoms with Crippen molar-refractivity contribution < 1.29 is 19.1 Å². The van der Waals surface area contributed by atoms with Crippen LogP contribution >= 0.6 is 22.6 Å². The maximum atomic E-state index is 12.3. The van der Waals surface area contributed by atoms with Gasteiger partial charge in [0.15, 0.2) is 5.70 Å². The summed E-state index contributed by atoms with van der Waals surface area (Å²) in [5.41, 5.74) is 3.40. The minimum atomic E-state index is -0.518. The lowest BCUT2D eigenvalue weighted by molar-refractivity contribution is -0.129. The Morgan fingerprint density at radius 2 is 1.88 bits per heavy atom. The molecular weight excluding hydrogens is 519 g/mol. The average Bonchev–Trinajstić information content (AvgIpc) is 3.14. The number of benzene rings is 3. The summed E-state index contributed by atoms with van der Waals surface area (Å²) in [4.78, 5) is 27.8. The molecule has 0 saturated carbocycles. The number of amides is 1. The SMILES string of the molecule is CC(=O)Nc1ccc(C2=N/C(=C\c3cccc(OCc4ccccc4I)c3)C(=O)O2)cc1. The van der Waals surface area contributed by atoms with Gasteiger partial charge in [0.25, 0.3) is 0 Å². The second-order valence-electron chi connectivity index (χ2n) is 7.05. The van der Waals surface area contributed by atoms with E-state index in [0.717, 1.165) is 14.7 Å². The van der Waals surface area contributed by atoms with E-state index in [2.05, 4.69) is 32.9 Å². The maximum Gasteiger partial charge on any atom is 0.363 e. The summed E-state index contributed by atoms with van der Waals surface area (Å²) in [5, 5.41) is 2.69. The molecule has 0 unspecified atom stereocenters. The lowest BCUT2D eigenvalue weighted by atomic mass is 10.2. The van der Waals surface area contributed by atoms with Gasteiger partial charge >= 0.3 is 5.97 Å². The average molecular weight is 538 g/mol. The highest BCUT2D eigenvalue weighted by Crippen LogP contribution is 2.23. The number of esters is 1. The summed E-state index contributed by atoms with van der Waals surface area (Å²) >= 11 is 2.28. The molecule has 3 aromatic rings. The van der Waals surface area contributed by atoms with Gasteiger partial charge in [-0.15, -0.1) is 0 Å². The minimum Gasteiger partial charge on any atom is -0.489 e. The van der Waals surface area contributed by atoms with E-state index in [9.17, 15) is 9.59 Å². The number of anilines is 1. The zero-order valence-electron chi connectivity index (χ0n) is 17.2. The van der Waals surface area contributed by atoms with Crippen LogP contribution in [-0.2, 0) is 20.9 Å². The van der Waals surface area contributed by atoms with Gasteiger partial charge in [0, 0.05) is 27.3 Å². The van der Waals surface area contributed by atoms with E-state index in [1.807, 2.05) is 48.5 Å². The van der Waals surface area contributed by atoms with Crippen molar-refractivity contribution in [3.8, 4) is 5.75 Å². The first-order valence-electron chi connectivity index (χ1n) is 9.85. The summed E-state index contributed by atoms with van der Waals surface area (Å²) in [7, 11) is 0. The molecule has 4 rings (SSSR count). The number of aliphatic imine (C=N–C) groups is 1. The van der Waals surface area contributed by atoms with Crippen LogP contribution in [0.15, 0.2) is 83.5 Å². The molecule has 0 atom stereocenters. The Morgan fingerprint density at radius 3 is 2.62 bits per heavy atom. The number of cyclic esters (lactones) is 1. The van der Waals surface area contributed by atoms with Crippen molar-refractivity contribution in [1.29, 1.82) is 0 Å². The molecule has 0 radical (unpaired) electrons. The molecule has 3 aromatic carbocycles. The van der Waals surface area contributed by atoms with Crippen LogP contribution in [0.25, 0.3) is 6.08 Å². The van der Waals surface area contributed by atoms with Crippen molar-refractivity contribution in [3.05, 3.63) is 98.8 Å². The van der Waals surface area contributed by atoms with Gasteiger partial charge in [0.2, 0.25) is 11.8 Å².